The summed E-state index contributed by atoms with van der Waals surface area (Å²) in [4.78, 5) is 4.74. The molecule has 8 aromatic rings. The van der Waals surface area contributed by atoms with Crippen LogP contribution in [0.5, 0.6) is 0 Å². The minimum absolute atomic E-state index is 1.14. The number of para-hydroxylation sites is 4. The molecule has 2 heteroatoms. The second-order valence-electron chi connectivity index (χ2n) is 10.6. The Kier molecular flexibility index (Phi) is 5.82. The summed E-state index contributed by atoms with van der Waals surface area (Å²) in [6.45, 7) is 0. The Bertz CT molecular complexity index is 1890. The maximum Gasteiger partial charge on any atom is 0.0540 e. The van der Waals surface area contributed by atoms with Gasteiger partial charge >= 0.3 is 0 Å². The highest BCUT2D eigenvalue weighted by atomic mass is 15.1. The maximum atomic E-state index is 2.37. The van der Waals surface area contributed by atoms with Crippen LogP contribution in [0.3, 0.4) is 0 Å². The van der Waals surface area contributed by atoms with Gasteiger partial charge in [0.25, 0.3) is 0 Å². The maximum absolute atomic E-state index is 2.37. The second-order valence-corrected chi connectivity index (χ2v) is 10.6. The average molecular weight is 537 g/mol. The molecule has 0 amide bonds. The molecule has 0 spiro atoms. The van der Waals surface area contributed by atoms with Crippen LogP contribution in [-0.4, -0.2) is 0 Å². The Labute approximate surface area is 245 Å². The molecule has 8 aromatic carbocycles. The van der Waals surface area contributed by atoms with Gasteiger partial charge in [0.05, 0.1) is 11.4 Å². The lowest BCUT2D eigenvalue weighted by atomic mass is 9.91. The molecule has 0 saturated heterocycles. The lowest BCUT2D eigenvalue weighted by Gasteiger charge is -2.29. The van der Waals surface area contributed by atoms with Crippen LogP contribution in [0.15, 0.2) is 170 Å². The van der Waals surface area contributed by atoms with Crippen molar-refractivity contribution in [2.24, 2.45) is 0 Å². The van der Waals surface area contributed by atoms with Crippen LogP contribution in [0.4, 0.5) is 34.1 Å². The van der Waals surface area contributed by atoms with Gasteiger partial charge < -0.3 is 9.80 Å². The summed E-state index contributed by atoms with van der Waals surface area (Å²) < 4.78 is 0. The molecule has 198 valence electrons. The Morgan fingerprint density at radius 2 is 0.548 bits per heavy atom. The molecule has 0 fully saturated rings. The highest BCUT2D eigenvalue weighted by Gasteiger charge is 2.21. The van der Waals surface area contributed by atoms with Gasteiger partial charge in [-0.2, -0.15) is 0 Å². The number of rotatable bonds is 6. The van der Waals surface area contributed by atoms with Gasteiger partial charge in [0.2, 0.25) is 0 Å². The van der Waals surface area contributed by atoms with Crippen molar-refractivity contribution in [3.8, 4) is 0 Å². The van der Waals surface area contributed by atoms with Gasteiger partial charge in [-0.25, -0.2) is 0 Å². The fourth-order valence-corrected chi connectivity index (χ4v) is 6.32. The third kappa shape index (κ3) is 3.96. The van der Waals surface area contributed by atoms with E-state index >= 15 is 0 Å². The predicted octanol–water partition coefficient (Wildman–Crippen LogP) is 11.5. The van der Waals surface area contributed by atoms with Gasteiger partial charge in [0.1, 0.15) is 0 Å². The minimum Gasteiger partial charge on any atom is -0.310 e. The highest BCUT2D eigenvalue weighted by Crippen LogP contribution is 2.47. The summed E-state index contributed by atoms with van der Waals surface area (Å²) in [6, 6.07) is 60.8. The van der Waals surface area contributed by atoms with Crippen molar-refractivity contribution in [3.63, 3.8) is 0 Å². The van der Waals surface area contributed by atoms with Crippen LogP contribution in [0, 0.1) is 0 Å². The first-order chi connectivity index (χ1) is 20.9. The second kappa shape index (κ2) is 10.1. The van der Waals surface area contributed by atoms with Crippen LogP contribution in [0.25, 0.3) is 32.3 Å². The van der Waals surface area contributed by atoms with E-state index in [4.69, 9.17) is 0 Å². The first-order valence-electron chi connectivity index (χ1n) is 14.4. The number of nitrogens with zero attached hydrogens (tertiary/aromatic N) is 2. The number of anilines is 6. The van der Waals surface area contributed by atoms with E-state index in [1.165, 1.54) is 43.7 Å². The number of benzene rings is 8. The third-order valence-corrected chi connectivity index (χ3v) is 8.16. The van der Waals surface area contributed by atoms with Gasteiger partial charge in [-0.1, -0.05) is 109 Å². The van der Waals surface area contributed by atoms with Gasteiger partial charge in [-0.15, -0.1) is 0 Å². The Hall–Kier alpha value is -5.60. The summed E-state index contributed by atoms with van der Waals surface area (Å²) in [5.74, 6) is 0. The lowest BCUT2D eigenvalue weighted by Crippen LogP contribution is -2.11. The van der Waals surface area contributed by atoms with E-state index in [1.54, 1.807) is 0 Å². The van der Waals surface area contributed by atoms with E-state index in [1.807, 2.05) is 0 Å². The van der Waals surface area contributed by atoms with Crippen molar-refractivity contribution < 1.29 is 0 Å². The Morgan fingerprint density at radius 3 is 0.857 bits per heavy atom. The summed E-state index contributed by atoms with van der Waals surface area (Å²) in [5.41, 5.74) is 6.89. The summed E-state index contributed by atoms with van der Waals surface area (Å²) in [7, 11) is 0. The van der Waals surface area contributed by atoms with Gasteiger partial charge in [0.15, 0.2) is 0 Å². The predicted molar refractivity (Wildman–Crippen MR) is 180 cm³/mol. The molecule has 0 heterocycles. The normalized spacial score (nSPS) is 11.3. The van der Waals surface area contributed by atoms with Crippen LogP contribution in [0.2, 0.25) is 0 Å². The molecule has 0 aromatic heterocycles. The van der Waals surface area contributed by atoms with Crippen LogP contribution < -0.4 is 9.80 Å². The molecule has 0 aliphatic heterocycles. The summed E-state index contributed by atoms with van der Waals surface area (Å²) in [5, 5.41) is 7.56. The van der Waals surface area contributed by atoms with E-state index in [-0.39, 0.29) is 0 Å². The van der Waals surface area contributed by atoms with E-state index in [2.05, 4.69) is 180 Å². The molecular weight excluding hydrogens is 508 g/mol. The number of hydrogen-bond donors (Lipinski definition) is 0. The number of hydrogen-bond acceptors (Lipinski definition) is 2. The van der Waals surface area contributed by atoms with Crippen molar-refractivity contribution in [1.29, 1.82) is 0 Å². The SMILES string of the molecule is c1ccc(N(c2ccccc2)c2ccc3ccc4c(N(c5ccccc5)c5ccccc5)ccc5ccc2c3c54)cc1. The van der Waals surface area contributed by atoms with Crippen molar-refractivity contribution in [2.45, 2.75) is 0 Å². The Balaban J connectivity index is 1.42. The smallest absolute Gasteiger partial charge is 0.0540 e. The van der Waals surface area contributed by atoms with Crippen molar-refractivity contribution in [3.05, 3.63) is 170 Å². The molecule has 0 atom stereocenters. The first kappa shape index (κ1) is 24.2. The zero-order valence-electron chi connectivity index (χ0n) is 23.1. The van der Waals surface area contributed by atoms with Crippen molar-refractivity contribution in [1.82, 2.24) is 0 Å². The van der Waals surface area contributed by atoms with Crippen molar-refractivity contribution in [2.75, 3.05) is 9.80 Å². The fraction of sp³-hybridized carbons (Fsp3) is 0. The molecular formula is C40H28N2. The van der Waals surface area contributed by atoms with Crippen molar-refractivity contribution >= 4 is 66.4 Å². The minimum atomic E-state index is 1.14. The summed E-state index contributed by atoms with van der Waals surface area (Å²) in [6.07, 6.45) is 0. The molecule has 42 heavy (non-hydrogen) atoms. The molecule has 0 saturated carbocycles. The van der Waals surface area contributed by atoms with E-state index in [0.717, 1.165) is 22.7 Å². The standard InChI is InChI=1S/C40H28N2/c1-5-13-31(14-6-1)41(32-15-7-2-8-16-32)37-27-23-29-22-26-36-38(28-24-30-21-25-35(37)39(29)40(30)36)42(33-17-9-3-10-18-33)34-19-11-4-12-20-34/h1-28H. The highest BCUT2D eigenvalue weighted by molar-refractivity contribution is 6.28. The fourth-order valence-electron chi connectivity index (χ4n) is 6.32. The van der Waals surface area contributed by atoms with E-state index < -0.39 is 0 Å². The lowest BCUT2D eigenvalue weighted by molar-refractivity contribution is 1.30. The Morgan fingerprint density at radius 1 is 0.262 bits per heavy atom. The molecule has 0 N–H and O–H groups in total. The zero-order valence-corrected chi connectivity index (χ0v) is 23.1. The van der Waals surface area contributed by atoms with E-state index in [9.17, 15) is 0 Å². The zero-order chi connectivity index (χ0) is 27.9. The van der Waals surface area contributed by atoms with Crippen LogP contribution in [-0.2, 0) is 0 Å². The molecule has 0 aliphatic rings. The summed E-state index contributed by atoms with van der Waals surface area (Å²) >= 11 is 0. The van der Waals surface area contributed by atoms with Gasteiger partial charge in [-0.3, -0.25) is 0 Å². The molecule has 2 nitrogen and oxygen atoms in total. The molecule has 0 aliphatic carbocycles. The van der Waals surface area contributed by atoms with Crippen LogP contribution in [0.1, 0.15) is 0 Å². The molecule has 8 rings (SSSR count). The van der Waals surface area contributed by atoms with Gasteiger partial charge in [0, 0.05) is 33.5 Å². The van der Waals surface area contributed by atoms with Gasteiger partial charge in [-0.05, 0) is 82.2 Å². The average Bonchev–Trinajstić information content (AvgIpc) is 3.07. The quantitative estimate of drug-likeness (QED) is 0.195. The topological polar surface area (TPSA) is 6.48 Å². The van der Waals surface area contributed by atoms with E-state index in [0.29, 0.717) is 0 Å². The first-order valence-corrected chi connectivity index (χ1v) is 14.4. The van der Waals surface area contributed by atoms with Crippen LogP contribution >= 0.6 is 0 Å². The largest absolute Gasteiger partial charge is 0.310 e. The molecule has 0 unspecified atom stereocenters. The molecule has 0 radical (unpaired) electrons. The third-order valence-electron chi connectivity index (χ3n) is 8.16. The monoisotopic (exact) mass is 536 g/mol. The molecule has 0 bridgehead atoms.